The average Bonchev–Trinajstić information content (AvgIpc) is 3.22. The van der Waals surface area contributed by atoms with Crippen LogP contribution in [-0.4, -0.2) is 34.4 Å². The SMILES string of the molecule is CCC(CC)NC(=O)CSc1nnc(NCCc2cccs2)s1. The van der Waals surface area contributed by atoms with Gasteiger partial charge in [0, 0.05) is 17.5 Å². The van der Waals surface area contributed by atoms with Crippen molar-refractivity contribution in [1.82, 2.24) is 15.5 Å². The number of thiophene rings is 1. The van der Waals surface area contributed by atoms with Gasteiger partial charge in [0.1, 0.15) is 0 Å². The molecule has 2 rings (SSSR count). The molecule has 23 heavy (non-hydrogen) atoms. The smallest absolute Gasteiger partial charge is 0.230 e. The minimum Gasteiger partial charge on any atom is -0.360 e. The topological polar surface area (TPSA) is 66.9 Å². The molecule has 8 heteroatoms. The number of thioether (sulfide) groups is 1. The van der Waals surface area contributed by atoms with E-state index in [1.165, 1.54) is 28.0 Å². The minimum absolute atomic E-state index is 0.0612. The third kappa shape index (κ3) is 6.48. The van der Waals surface area contributed by atoms with E-state index in [0.717, 1.165) is 35.3 Å². The fourth-order valence-electron chi connectivity index (χ4n) is 1.98. The van der Waals surface area contributed by atoms with Gasteiger partial charge in [0.25, 0.3) is 0 Å². The van der Waals surface area contributed by atoms with Gasteiger partial charge in [-0.15, -0.1) is 21.5 Å². The van der Waals surface area contributed by atoms with Crippen molar-refractivity contribution >= 4 is 45.5 Å². The number of hydrogen-bond donors (Lipinski definition) is 2. The van der Waals surface area contributed by atoms with Crippen molar-refractivity contribution in [3.8, 4) is 0 Å². The Kier molecular flexibility index (Phi) is 7.84. The van der Waals surface area contributed by atoms with Crippen LogP contribution in [0.25, 0.3) is 0 Å². The average molecular weight is 371 g/mol. The van der Waals surface area contributed by atoms with Gasteiger partial charge in [0.05, 0.1) is 5.75 Å². The van der Waals surface area contributed by atoms with Crippen LogP contribution in [0.4, 0.5) is 5.13 Å². The Bertz CT molecular complexity index is 581. The van der Waals surface area contributed by atoms with E-state index in [-0.39, 0.29) is 11.9 Å². The van der Waals surface area contributed by atoms with Crippen LogP contribution in [0.3, 0.4) is 0 Å². The molecule has 0 bridgehead atoms. The Morgan fingerprint density at radius 3 is 2.87 bits per heavy atom. The summed E-state index contributed by atoms with van der Waals surface area (Å²) in [6, 6.07) is 4.46. The zero-order chi connectivity index (χ0) is 16.5. The van der Waals surface area contributed by atoms with E-state index in [4.69, 9.17) is 0 Å². The number of carbonyl (C=O) groups is 1. The quantitative estimate of drug-likeness (QED) is 0.625. The molecule has 2 N–H and O–H groups in total. The minimum atomic E-state index is 0.0612. The first-order chi connectivity index (χ1) is 11.2. The van der Waals surface area contributed by atoms with Crippen LogP contribution in [0.5, 0.6) is 0 Å². The van der Waals surface area contributed by atoms with Crippen LogP contribution < -0.4 is 10.6 Å². The normalized spacial score (nSPS) is 10.9. The van der Waals surface area contributed by atoms with Crippen molar-refractivity contribution in [2.75, 3.05) is 17.6 Å². The van der Waals surface area contributed by atoms with E-state index >= 15 is 0 Å². The van der Waals surface area contributed by atoms with Gasteiger partial charge in [-0.1, -0.05) is 43.0 Å². The second-order valence-corrected chi connectivity index (χ2v) is 8.23. The van der Waals surface area contributed by atoms with Crippen LogP contribution in [0.2, 0.25) is 0 Å². The van der Waals surface area contributed by atoms with Gasteiger partial charge in [-0.2, -0.15) is 0 Å². The second-order valence-electron chi connectivity index (χ2n) is 5.00. The van der Waals surface area contributed by atoms with Gasteiger partial charge in [-0.25, -0.2) is 0 Å². The number of nitrogens with zero attached hydrogens (tertiary/aromatic N) is 2. The van der Waals surface area contributed by atoms with Gasteiger partial charge in [0.2, 0.25) is 11.0 Å². The van der Waals surface area contributed by atoms with Crippen molar-refractivity contribution in [1.29, 1.82) is 0 Å². The number of amides is 1. The molecule has 0 fully saturated rings. The number of nitrogens with one attached hydrogen (secondary N) is 2. The highest BCUT2D eigenvalue weighted by Crippen LogP contribution is 2.25. The summed E-state index contributed by atoms with van der Waals surface area (Å²) in [6.45, 7) is 5.01. The van der Waals surface area contributed by atoms with E-state index in [9.17, 15) is 4.79 Å². The first kappa shape index (κ1) is 18.2. The first-order valence-corrected chi connectivity index (χ1v) is 10.4. The lowest BCUT2D eigenvalue weighted by Gasteiger charge is -2.13. The number of hydrogen-bond acceptors (Lipinski definition) is 7. The molecule has 1 amide bonds. The van der Waals surface area contributed by atoms with Crippen LogP contribution in [0.15, 0.2) is 21.9 Å². The zero-order valence-corrected chi connectivity index (χ0v) is 15.8. The summed E-state index contributed by atoms with van der Waals surface area (Å²) in [6.07, 6.45) is 2.91. The molecule has 0 saturated carbocycles. The van der Waals surface area contributed by atoms with Gasteiger partial charge >= 0.3 is 0 Å². The molecule has 0 radical (unpaired) electrons. The highest BCUT2D eigenvalue weighted by molar-refractivity contribution is 8.01. The number of rotatable bonds is 10. The predicted molar refractivity (Wildman–Crippen MR) is 99.7 cm³/mol. The molecule has 0 aliphatic carbocycles. The number of aromatic nitrogens is 2. The van der Waals surface area contributed by atoms with Gasteiger partial charge in [-0.3, -0.25) is 4.79 Å². The Balaban J connectivity index is 1.68. The van der Waals surface area contributed by atoms with Crippen LogP contribution in [-0.2, 0) is 11.2 Å². The van der Waals surface area contributed by atoms with Crippen LogP contribution in [0, 0.1) is 0 Å². The third-order valence-electron chi connectivity index (χ3n) is 3.31. The molecule has 2 aromatic rings. The van der Waals surface area contributed by atoms with Crippen LogP contribution in [0.1, 0.15) is 31.6 Å². The fraction of sp³-hybridized carbons (Fsp3) is 0.533. The fourth-order valence-corrected chi connectivity index (χ4v) is 4.27. The summed E-state index contributed by atoms with van der Waals surface area (Å²) >= 11 is 4.70. The molecular formula is C15H22N4OS3. The standard InChI is InChI=1S/C15H22N4OS3/c1-3-11(4-2)17-13(20)10-22-15-19-18-14(23-15)16-8-7-12-6-5-9-21-12/h5-6,9,11H,3-4,7-8,10H2,1-2H3,(H,16,18)(H,17,20). The molecule has 2 heterocycles. The highest BCUT2D eigenvalue weighted by atomic mass is 32.2. The molecule has 2 aromatic heterocycles. The summed E-state index contributed by atoms with van der Waals surface area (Å²) in [4.78, 5) is 13.2. The molecule has 0 unspecified atom stereocenters. The lowest BCUT2D eigenvalue weighted by molar-refractivity contribution is -0.119. The van der Waals surface area contributed by atoms with Gasteiger partial charge in [-0.05, 0) is 30.7 Å². The molecule has 0 aliphatic rings. The predicted octanol–water partition coefficient (Wildman–Crippen LogP) is 3.65. The summed E-state index contributed by atoms with van der Waals surface area (Å²) < 4.78 is 0.823. The number of anilines is 1. The third-order valence-corrected chi connectivity index (χ3v) is 6.26. The van der Waals surface area contributed by atoms with Crippen LogP contribution >= 0.6 is 34.4 Å². The molecular weight excluding hydrogens is 348 g/mol. The molecule has 126 valence electrons. The van der Waals surface area contributed by atoms with Crippen molar-refractivity contribution < 1.29 is 4.79 Å². The Labute approximate surface area is 149 Å². The Morgan fingerprint density at radius 1 is 1.35 bits per heavy atom. The van der Waals surface area contributed by atoms with E-state index in [2.05, 4.69) is 52.2 Å². The largest absolute Gasteiger partial charge is 0.360 e. The van der Waals surface area contributed by atoms with Gasteiger partial charge < -0.3 is 10.6 Å². The summed E-state index contributed by atoms with van der Waals surface area (Å²) in [5.41, 5.74) is 0. The summed E-state index contributed by atoms with van der Waals surface area (Å²) in [5.74, 6) is 0.450. The first-order valence-electron chi connectivity index (χ1n) is 7.73. The van der Waals surface area contributed by atoms with Crippen molar-refractivity contribution in [2.45, 2.75) is 43.5 Å². The Morgan fingerprint density at radius 2 is 2.17 bits per heavy atom. The number of carbonyl (C=O) groups excluding carboxylic acids is 1. The highest BCUT2D eigenvalue weighted by Gasteiger charge is 2.11. The van der Waals surface area contributed by atoms with E-state index in [0.29, 0.717) is 5.75 Å². The van der Waals surface area contributed by atoms with E-state index < -0.39 is 0 Å². The monoisotopic (exact) mass is 370 g/mol. The van der Waals surface area contributed by atoms with Crippen molar-refractivity contribution in [3.05, 3.63) is 22.4 Å². The van der Waals surface area contributed by atoms with E-state index in [1.54, 1.807) is 11.3 Å². The molecule has 0 aromatic carbocycles. The zero-order valence-electron chi connectivity index (χ0n) is 13.4. The molecule has 0 saturated heterocycles. The molecule has 0 aliphatic heterocycles. The van der Waals surface area contributed by atoms with Crippen molar-refractivity contribution in [2.24, 2.45) is 0 Å². The van der Waals surface area contributed by atoms with E-state index in [1.807, 2.05) is 0 Å². The van der Waals surface area contributed by atoms with Gasteiger partial charge in [0.15, 0.2) is 4.34 Å². The maximum atomic E-state index is 11.9. The second kappa shape index (κ2) is 9.89. The lowest BCUT2D eigenvalue weighted by atomic mass is 10.2. The molecule has 0 spiro atoms. The summed E-state index contributed by atoms with van der Waals surface area (Å²) in [7, 11) is 0. The summed E-state index contributed by atoms with van der Waals surface area (Å²) in [5, 5.41) is 17.4. The maximum Gasteiger partial charge on any atom is 0.230 e. The molecule has 5 nitrogen and oxygen atoms in total. The maximum absolute atomic E-state index is 11.9. The lowest BCUT2D eigenvalue weighted by Crippen LogP contribution is -2.34. The van der Waals surface area contributed by atoms with Crippen molar-refractivity contribution in [3.63, 3.8) is 0 Å². The Hall–Kier alpha value is -1.12. The molecule has 0 atom stereocenters.